The summed E-state index contributed by atoms with van der Waals surface area (Å²) in [5, 5.41) is 4.79. The van der Waals surface area contributed by atoms with Crippen LogP contribution in [0.25, 0.3) is 82.9 Å². The summed E-state index contributed by atoms with van der Waals surface area (Å²) in [7, 11) is 0. The zero-order chi connectivity index (χ0) is 32.0. The van der Waals surface area contributed by atoms with Crippen molar-refractivity contribution in [2.45, 2.75) is 19.3 Å². The molecule has 1 aliphatic carbocycles. The fourth-order valence-electron chi connectivity index (χ4n) is 8.17. The van der Waals surface area contributed by atoms with E-state index in [1.807, 2.05) is 12.1 Å². The van der Waals surface area contributed by atoms with Gasteiger partial charge in [0.25, 0.3) is 0 Å². The molecule has 0 spiro atoms. The Bertz CT molecular complexity index is 2750. The van der Waals surface area contributed by atoms with Crippen LogP contribution in [0.5, 0.6) is 0 Å². The summed E-state index contributed by atoms with van der Waals surface area (Å²) in [4.78, 5) is 10.8. The van der Waals surface area contributed by atoms with Gasteiger partial charge in [-0.15, -0.1) is 0 Å². The molecule has 0 atom stereocenters. The molecule has 226 valence electrons. The number of fused-ring (bicyclic) bond motifs is 9. The van der Waals surface area contributed by atoms with Crippen molar-refractivity contribution < 1.29 is 0 Å². The SMILES string of the molecule is CC1(C)c2ccccc2-c2c(-c3cccc4c5ccc6ccccc6c5n(-c5nc6ccccc6nc5-c5ccccc5)c34)cccc21. The third kappa shape index (κ3) is 3.70. The number of nitrogens with zero attached hydrogens (tertiary/aromatic N) is 3. The molecule has 0 fully saturated rings. The smallest absolute Gasteiger partial charge is 0.165 e. The number of hydrogen-bond donors (Lipinski definition) is 0. The molecule has 0 aliphatic heterocycles. The van der Waals surface area contributed by atoms with E-state index in [9.17, 15) is 0 Å². The largest absolute Gasteiger partial charge is 0.291 e. The van der Waals surface area contributed by atoms with Crippen LogP contribution in [0.3, 0.4) is 0 Å². The second kappa shape index (κ2) is 9.97. The van der Waals surface area contributed by atoms with Crippen LogP contribution in [0.15, 0.2) is 152 Å². The van der Waals surface area contributed by atoms with E-state index >= 15 is 0 Å². The number of aromatic nitrogens is 3. The van der Waals surface area contributed by atoms with Gasteiger partial charge in [0.1, 0.15) is 5.69 Å². The van der Waals surface area contributed by atoms with E-state index in [4.69, 9.17) is 9.97 Å². The Balaban J connectivity index is 1.42. The minimum atomic E-state index is -0.0942. The van der Waals surface area contributed by atoms with Gasteiger partial charge in [0, 0.05) is 32.7 Å². The van der Waals surface area contributed by atoms with Crippen molar-refractivity contribution in [1.82, 2.24) is 14.5 Å². The van der Waals surface area contributed by atoms with E-state index in [0.29, 0.717) is 0 Å². The molecule has 9 aromatic rings. The molecule has 2 aromatic heterocycles. The van der Waals surface area contributed by atoms with E-state index < -0.39 is 0 Å². The van der Waals surface area contributed by atoms with Gasteiger partial charge in [-0.25, -0.2) is 9.97 Å². The van der Waals surface area contributed by atoms with E-state index in [1.165, 1.54) is 54.9 Å². The minimum absolute atomic E-state index is 0.0942. The molecule has 0 amide bonds. The van der Waals surface area contributed by atoms with Crippen molar-refractivity contribution in [2.75, 3.05) is 0 Å². The molecule has 0 bridgehead atoms. The first-order chi connectivity index (χ1) is 23.6. The lowest BCUT2D eigenvalue weighted by Crippen LogP contribution is -2.14. The Morgan fingerprint density at radius 1 is 0.458 bits per heavy atom. The molecule has 0 radical (unpaired) electrons. The molecular formula is C45H31N3. The Labute approximate surface area is 278 Å². The molecule has 0 unspecified atom stereocenters. The van der Waals surface area contributed by atoms with Crippen LogP contribution in [0.1, 0.15) is 25.0 Å². The first-order valence-electron chi connectivity index (χ1n) is 16.6. The van der Waals surface area contributed by atoms with Crippen molar-refractivity contribution in [1.29, 1.82) is 0 Å². The summed E-state index contributed by atoms with van der Waals surface area (Å²) < 4.78 is 2.41. The molecule has 1 aliphatic rings. The number of rotatable bonds is 3. The van der Waals surface area contributed by atoms with Crippen LogP contribution in [0, 0.1) is 0 Å². The van der Waals surface area contributed by atoms with E-state index in [0.717, 1.165) is 39.1 Å². The topological polar surface area (TPSA) is 30.7 Å². The second-order valence-electron chi connectivity index (χ2n) is 13.4. The van der Waals surface area contributed by atoms with Gasteiger partial charge in [-0.2, -0.15) is 0 Å². The summed E-state index contributed by atoms with van der Waals surface area (Å²) in [6.45, 7) is 4.70. The third-order valence-electron chi connectivity index (χ3n) is 10.4. The first-order valence-corrected chi connectivity index (χ1v) is 16.6. The van der Waals surface area contributed by atoms with Crippen LogP contribution in [-0.4, -0.2) is 14.5 Å². The lowest BCUT2D eigenvalue weighted by molar-refractivity contribution is 0.660. The van der Waals surface area contributed by atoms with Gasteiger partial charge < -0.3 is 0 Å². The van der Waals surface area contributed by atoms with Gasteiger partial charge >= 0.3 is 0 Å². The summed E-state index contributed by atoms with van der Waals surface area (Å²) in [6, 6.07) is 54.4. The van der Waals surface area contributed by atoms with Crippen molar-refractivity contribution in [2.24, 2.45) is 0 Å². The molecule has 0 N–H and O–H groups in total. The molecule has 48 heavy (non-hydrogen) atoms. The Kier molecular flexibility index (Phi) is 5.63. The van der Waals surface area contributed by atoms with E-state index in [1.54, 1.807) is 0 Å². The number of benzene rings is 7. The average Bonchev–Trinajstić information content (AvgIpc) is 3.61. The van der Waals surface area contributed by atoms with Crippen LogP contribution in [-0.2, 0) is 5.41 Å². The zero-order valence-corrected chi connectivity index (χ0v) is 26.8. The molecule has 0 saturated heterocycles. The van der Waals surface area contributed by atoms with E-state index in [2.05, 4.69) is 158 Å². The average molecular weight is 614 g/mol. The highest BCUT2D eigenvalue weighted by atomic mass is 15.1. The molecule has 2 heterocycles. The highest BCUT2D eigenvalue weighted by Gasteiger charge is 2.37. The van der Waals surface area contributed by atoms with Crippen molar-refractivity contribution in [3.8, 4) is 39.3 Å². The van der Waals surface area contributed by atoms with Crippen LogP contribution < -0.4 is 0 Å². The van der Waals surface area contributed by atoms with Gasteiger partial charge in [0.2, 0.25) is 0 Å². The van der Waals surface area contributed by atoms with Gasteiger partial charge in [-0.1, -0.05) is 153 Å². The predicted molar refractivity (Wildman–Crippen MR) is 200 cm³/mol. The summed E-state index contributed by atoms with van der Waals surface area (Å²) in [6.07, 6.45) is 0. The Morgan fingerprint density at radius 2 is 1.08 bits per heavy atom. The summed E-state index contributed by atoms with van der Waals surface area (Å²) in [5.41, 5.74) is 13.6. The van der Waals surface area contributed by atoms with Crippen LogP contribution in [0.4, 0.5) is 0 Å². The fourth-order valence-corrected chi connectivity index (χ4v) is 8.17. The van der Waals surface area contributed by atoms with Crippen molar-refractivity contribution in [3.05, 3.63) is 163 Å². The molecule has 10 rings (SSSR count). The Morgan fingerprint density at radius 3 is 1.96 bits per heavy atom. The van der Waals surface area contributed by atoms with Crippen molar-refractivity contribution >= 4 is 43.6 Å². The highest BCUT2D eigenvalue weighted by molar-refractivity contribution is 6.21. The summed E-state index contributed by atoms with van der Waals surface area (Å²) >= 11 is 0. The normalized spacial score (nSPS) is 13.4. The number of para-hydroxylation sites is 3. The maximum absolute atomic E-state index is 5.47. The molecule has 3 nitrogen and oxygen atoms in total. The molecular weight excluding hydrogens is 583 g/mol. The molecule has 3 heteroatoms. The van der Waals surface area contributed by atoms with Gasteiger partial charge in [0.05, 0.1) is 22.1 Å². The monoisotopic (exact) mass is 613 g/mol. The fraction of sp³-hybridized carbons (Fsp3) is 0.0667. The highest BCUT2D eigenvalue weighted by Crippen LogP contribution is 2.53. The van der Waals surface area contributed by atoms with Gasteiger partial charge in [0.15, 0.2) is 5.82 Å². The van der Waals surface area contributed by atoms with Gasteiger partial charge in [-0.3, -0.25) is 4.57 Å². The number of hydrogen-bond acceptors (Lipinski definition) is 2. The lowest BCUT2D eigenvalue weighted by atomic mass is 9.82. The lowest BCUT2D eigenvalue weighted by Gasteiger charge is -2.22. The van der Waals surface area contributed by atoms with Crippen LogP contribution in [0.2, 0.25) is 0 Å². The van der Waals surface area contributed by atoms with Gasteiger partial charge in [-0.05, 0) is 45.3 Å². The molecule has 7 aromatic carbocycles. The van der Waals surface area contributed by atoms with E-state index in [-0.39, 0.29) is 5.41 Å². The zero-order valence-electron chi connectivity index (χ0n) is 26.8. The first kappa shape index (κ1) is 27.1. The maximum atomic E-state index is 5.47. The minimum Gasteiger partial charge on any atom is -0.291 e. The Hall–Kier alpha value is -6.06. The molecule has 0 saturated carbocycles. The maximum Gasteiger partial charge on any atom is 0.165 e. The quantitative estimate of drug-likeness (QED) is 0.198. The predicted octanol–water partition coefficient (Wildman–Crippen LogP) is 11.5. The standard InChI is InChI=1S/C45H31N3/c1-45(2)36-22-9-8-18-35(36)40-31(19-13-23-37(40)45)32-20-12-21-33-34-27-26-28-14-6-7-17-30(28)42(34)48(43(32)33)44-41(29-15-4-3-5-16-29)46-38-24-10-11-25-39(38)47-44/h3-27H,1-2H3. The van der Waals surface area contributed by atoms with Crippen LogP contribution >= 0.6 is 0 Å². The van der Waals surface area contributed by atoms with Crippen molar-refractivity contribution in [3.63, 3.8) is 0 Å². The summed E-state index contributed by atoms with van der Waals surface area (Å²) in [5.74, 6) is 0.831. The third-order valence-corrected chi connectivity index (χ3v) is 10.4. The second-order valence-corrected chi connectivity index (χ2v) is 13.4.